The Morgan fingerprint density at radius 3 is 2.24 bits per heavy atom. The fourth-order valence-corrected chi connectivity index (χ4v) is 2.19. The van der Waals surface area contributed by atoms with Gasteiger partial charge in [-0.1, -0.05) is 23.2 Å². The maximum atomic E-state index is 12.1. The molecule has 0 aliphatic carbocycles. The molecule has 0 saturated heterocycles. The fourth-order valence-electron chi connectivity index (χ4n) is 1.73. The Balaban J connectivity index is 2.25. The SMILES string of the molecule is Cc1cc(C(=O)O)ccc1NC(=O)c1cc(Cl)nc(Cl)c1. The van der Waals surface area contributed by atoms with Crippen LogP contribution in [-0.2, 0) is 0 Å². The van der Waals surface area contributed by atoms with Crippen LogP contribution in [0, 0.1) is 6.92 Å². The van der Waals surface area contributed by atoms with E-state index in [1.54, 1.807) is 6.92 Å². The molecular weight excluding hydrogens is 315 g/mol. The van der Waals surface area contributed by atoms with E-state index in [0.29, 0.717) is 11.3 Å². The van der Waals surface area contributed by atoms with Crippen LogP contribution in [0.5, 0.6) is 0 Å². The van der Waals surface area contributed by atoms with E-state index in [1.165, 1.54) is 30.3 Å². The Kier molecular flexibility index (Phi) is 4.45. The van der Waals surface area contributed by atoms with E-state index in [4.69, 9.17) is 28.3 Å². The van der Waals surface area contributed by atoms with Gasteiger partial charge in [-0.15, -0.1) is 0 Å². The van der Waals surface area contributed by atoms with Crippen LogP contribution >= 0.6 is 23.2 Å². The van der Waals surface area contributed by atoms with E-state index >= 15 is 0 Å². The summed E-state index contributed by atoms with van der Waals surface area (Å²) in [5.41, 5.74) is 1.56. The van der Waals surface area contributed by atoms with E-state index in [0.717, 1.165) is 0 Å². The lowest BCUT2D eigenvalue weighted by atomic mass is 10.1. The van der Waals surface area contributed by atoms with E-state index in [2.05, 4.69) is 10.3 Å². The molecule has 2 rings (SSSR count). The van der Waals surface area contributed by atoms with Gasteiger partial charge in [-0.05, 0) is 42.8 Å². The monoisotopic (exact) mass is 324 g/mol. The number of carboxylic acids is 1. The number of rotatable bonds is 3. The van der Waals surface area contributed by atoms with Crippen molar-refractivity contribution in [2.75, 3.05) is 5.32 Å². The summed E-state index contributed by atoms with van der Waals surface area (Å²) < 4.78 is 0. The van der Waals surface area contributed by atoms with Crippen molar-refractivity contribution < 1.29 is 14.7 Å². The number of carbonyl (C=O) groups excluding carboxylic acids is 1. The number of pyridine rings is 1. The van der Waals surface area contributed by atoms with Crippen LogP contribution in [-0.4, -0.2) is 22.0 Å². The van der Waals surface area contributed by atoms with Crippen LogP contribution in [0.15, 0.2) is 30.3 Å². The number of hydrogen-bond donors (Lipinski definition) is 2. The number of amides is 1. The highest BCUT2D eigenvalue weighted by Crippen LogP contribution is 2.19. The summed E-state index contributed by atoms with van der Waals surface area (Å²) in [6.07, 6.45) is 0. The minimum absolute atomic E-state index is 0.116. The highest BCUT2D eigenvalue weighted by molar-refractivity contribution is 6.33. The van der Waals surface area contributed by atoms with Gasteiger partial charge in [0.15, 0.2) is 0 Å². The summed E-state index contributed by atoms with van der Waals surface area (Å²) in [4.78, 5) is 26.7. The second-order valence-corrected chi connectivity index (χ2v) is 5.06. The molecule has 0 fully saturated rings. The summed E-state index contributed by atoms with van der Waals surface area (Å²) in [6, 6.07) is 7.20. The molecule has 0 spiro atoms. The van der Waals surface area contributed by atoms with Crippen molar-refractivity contribution in [2.24, 2.45) is 0 Å². The third-order valence-electron chi connectivity index (χ3n) is 2.75. The number of nitrogens with zero attached hydrogens (tertiary/aromatic N) is 1. The van der Waals surface area contributed by atoms with Gasteiger partial charge < -0.3 is 10.4 Å². The maximum Gasteiger partial charge on any atom is 0.335 e. The third-order valence-corrected chi connectivity index (χ3v) is 3.13. The van der Waals surface area contributed by atoms with Crippen molar-refractivity contribution in [3.63, 3.8) is 0 Å². The number of nitrogens with one attached hydrogen (secondary N) is 1. The van der Waals surface area contributed by atoms with Crippen molar-refractivity contribution in [3.8, 4) is 0 Å². The Bertz CT molecular complexity index is 712. The largest absolute Gasteiger partial charge is 0.478 e. The number of carboxylic acid groups (broad SMARTS) is 1. The minimum Gasteiger partial charge on any atom is -0.478 e. The first-order valence-electron chi connectivity index (χ1n) is 5.85. The van der Waals surface area contributed by atoms with E-state index in [9.17, 15) is 9.59 Å². The van der Waals surface area contributed by atoms with Crippen LogP contribution in [0.2, 0.25) is 10.3 Å². The van der Waals surface area contributed by atoms with Gasteiger partial charge in [0.25, 0.3) is 5.91 Å². The molecular formula is C14H10Cl2N2O3. The first-order chi connectivity index (χ1) is 9.86. The molecule has 0 bridgehead atoms. The van der Waals surface area contributed by atoms with Crippen LogP contribution < -0.4 is 5.32 Å². The number of carbonyl (C=O) groups is 2. The molecule has 1 aromatic carbocycles. The van der Waals surface area contributed by atoms with Gasteiger partial charge in [0, 0.05) is 11.3 Å². The topological polar surface area (TPSA) is 79.3 Å². The molecule has 0 saturated carbocycles. The predicted molar refractivity (Wildman–Crippen MR) is 80.3 cm³/mol. The lowest BCUT2D eigenvalue weighted by molar-refractivity contribution is 0.0696. The van der Waals surface area contributed by atoms with Crippen LogP contribution in [0.1, 0.15) is 26.3 Å². The molecule has 21 heavy (non-hydrogen) atoms. The molecule has 0 aliphatic rings. The van der Waals surface area contributed by atoms with Crippen LogP contribution in [0.25, 0.3) is 0 Å². The summed E-state index contributed by atoms with van der Waals surface area (Å²) in [6.45, 7) is 1.70. The van der Waals surface area contributed by atoms with Gasteiger partial charge in [0.2, 0.25) is 0 Å². The Hall–Kier alpha value is -2.11. The number of aromatic nitrogens is 1. The Labute approximate surface area is 130 Å². The van der Waals surface area contributed by atoms with Crippen molar-refractivity contribution in [1.29, 1.82) is 0 Å². The van der Waals surface area contributed by atoms with Crippen molar-refractivity contribution in [1.82, 2.24) is 4.98 Å². The zero-order valence-corrected chi connectivity index (χ0v) is 12.4. The highest BCUT2D eigenvalue weighted by Gasteiger charge is 2.11. The summed E-state index contributed by atoms with van der Waals surface area (Å²) >= 11 is 11.5. The molecule has 108 valence electrons. The van der Waals surface area contributed by atoms with E-state index < -0.39 is 11.9 Å². The van der Waals surface area contributed by atoms with Gasteiger partial charge >= 0.3 is 5.97 Å². The molecule has 2 N–H and O–H groups in total. The molecule has 0 aliphatic heterocycles. The summed E-state index contributed by atoms with van der Waals surface area (Å²) in [5.74, 6) is -1.43. The first kappa shape index (κ1) is 15.3. The molecule has 0 unspecified atom stereocenters. The fraction of sp³-hybridized carbons (Fsp3) is 0.0714. The van der Waals surface area contributed by atoms with Gasteiger partial charge in [-0.25, -0.2) is 9.78 Å². The number of aryl methyl sites for hydroxylation is 1. The van der Waals surface area contributed by atoms with E-state index in [1.807, 2.05) is 0 Å². The molecule has 5 nitrogen and oxygen atoms in total. The third kappa shape index (κ3) is 3.71. The van der Waals surface area contributed by atoms with Crippen molar-refractivity contribution in [2.45, 2.75) is 6.92 Å². The van der Waals surface area contributed by atoms with Crippen molar-refractivity contribution >= 4 is 40.8 Å². The minimum atomic E-state index is -1.02. The molecule has 1 aromatic heterocycles. The second kappa shape index (κ2) is 6.11. The summed E-state index contributed by atoms with van der Waals surface area (Å²) in [7, 11) is 0. The average Bonchev–Trinajstić information content (AvgIpc) is 2.39. The number of benzene rings is 1. The number of hydrogen-bond acceptors (Lipinski definition) is 3. The standard InChI is InChI=1S/C14H10Cl2N2O3/c1-7-4-8(14(20)21)2-3-10(7)17-13(19)9-5-11(15)18-12(16)6-9/h2-6H,1H3,(H,17,19)(H,20,21). The zero-order chi connectivity index (χ0) is 15.6. The van der Waals surface area contributed by atoms with Crippen LogP contribution in [0.4, 0.5) is 5.69 Å². The van der Waals surface area contributed by atoms with Gasteiger partial charge in [0.1, 0.15) is 10.3 Å². The van der Waals surface area contributed by atoms with Gasteiger partial charge in [-0.3, -0.25) is 4.79 Å². The maximum absolute atomic E-state index is 12.1. The molecule has 0 radical (unpaired) electrons. The molecule has 7 heteroatoms. The predicted octanol–water partition coefficient (Wildman–Crippen LogP) is 3.65. The average molecular weight is 325 g/mol. The van der Waals surface area contributed by atoms with Crippen LogP contribution in [0.3, 0.4) is 0 Å². The first-order valence-corrected chi connectivity index (χ1v) is 6.61. The zero-order valence-electron chi connectivity index (χ0n) is 10.9. The second-order valence-electron chi connectivity index (χ2n) is 4.29. The molecule has 1 amide bonds. The number of anilines is 1. The number of halogens is 2. The lowest BCUT2D eigenvalue weighted by Crippen LogP contribution is -2.13. The van der Waals surface area contributed by atoms with E-state index in [-0.39, 0.29) is 21.4 Å². The smallest absolute Gasteiger partial charge is 0.335 e. The quantitative estimate of drug-likeness (QED) is 0.844. The highest BCUT2D eigenvalue weighted by atomic mass is 35.5. The molecule has 1 heterocycles. The molecule has 0 atom stereocenters. The normalized spacial score (nSPS) is 10.2. The molecule has 2 aromatic rings. The van der Waals surface area contributed by atoms with Crippen molar-refractivity contribution in [3.05, 3.63) is 57.3 Å². The van der Waals surface area contributed by atoms with Gasteiger partial charge in [0.05, 0.1) is 5.56 Å². The summed E-state index contributed by atoms with van der Waals surface area (Å²) in [5, 5.41) is 11.8. The lowest BCUT2D eigenvalue weighted by Gasteiger charge is -2.09. The Morgan fingerprint density at radius 2 is 1.71 bits per heavy atom. The number of aromatic carboxylic acids is 1. The van der Waals surface area contributed by atoms with Gasteiger partial charge in [-0.2, -0.15) is 0 Å². The Morgan fingerprint density at radius 1 is 1.10 bits per heavy atom.